The molecule has 0 aliphatic heterocycles. The van der Waals surface area contributed by atoms with Crippen molar-refractivity contribution in [3.8, 4) is 44.6 Å². The minimum atomic E-state index is -0.137. The molecule has 0 unspecified atom stereocenters. The SMILES string of the molecule is CC1(C)c2ccccc2-c2nc3ccccc3c(-c3cccc(-c4cccc(-c5ccccc5)c4)c3)c21. The zero-order chi connectivity index (χ0) is 25.0. The summed E-state index contributed by atoms with van der Waals surface area (Å²) >= 11 is 0. The molecule has 0 radical (unpaired) electrons. The number of aromatic nitrogens is 1. The molecule has 0 atom stereocenters. The van der Waals surface area contributed by atoms with Crippen molar-refractivity contribution < 1.29 is 0 Å². The molecule has 0 saturated carbocycles. The van der Waals surface area contributed by atoms with E-state index in [1.54, 1.807) is 0 Å². The van der Waals surface area contributed by atoms with Gasteiger partial charge in [-0.2, -0.15) is 0 Å². The zero-order valence-corrected chi connectivity index (χ0v) is 21.1. The Morgan fingerprint density at radius 2 is 1.08 bits per heavy atom. The second kappa shape index (κ2) is 8.28. The number of fused-ring (bicyclic) bond motifs is 4. The normalized spacial score (nSPS) is 13.4. The third kappa shape index (κ3) is 3.42. The quantitative estimate of drug-likeness (QED) is 0.249. The molecule has 0 spiro atoms. The topological polar surface area (TPSA) is 12.9 Å². The summed E-state index contributed by atoms with van der Waals surface area (Å²) < 4.78 is 0. The Morgan fingerprint density at radius 3 is 1.86 bits per heavy atom. The van der Waals surface area contributed by atoms with E-state index in [-0.39, 0.29) is 5.41 Å². The van der Waals surface area contributed by atoms with Crippen LogP contribution in [0.3, 0.4) is 0 Å². The van der Waals surface area contributed by atoms with Crippen LogP contribution in [0.5, 0.6) is 0 Å². The van der Waals surface area contributed by atoms with Crippen LogP contribution in [-0.2, 0) is 5.41 Å². The fourth-order valence-corrected chi connectivity index (χ4v) is 6.05. The van der Waals surface area contributed by atoms with Gasteiger partial charge in [-0.25, -0.2) is 4.98 Å². The Balaban J connectivity index is 1.46. The summed E-state index contributed by atoms with van der Waals surface area (Å²) in [6.07, 6.45) is 0. The number of benzene rings is 5. The smallest absolute Gasteiger partial charge is 0.0759 e. The maximum atomic E-state index is 5.20. The highest BCUT2D eigenvalue weighted by Crippen LogP contribution is 2.53. The van der Waals surface area contributed by atoms with E-state index in [0.717, 1.165) is 11.2 Å². The largest absolute Gasteiger partial charge is 0.247 e. The number of pyridine rings is 1. The first-order valence-corrected chi connectivity index (χ1v) is 12.9. The molecule has 0 amide bonds. The number of nitrogens with zero attached hydrogens (tertiary/aromatic N) is 1. The molecule has 1 heterocycles. The summed E-state index contributed by atoms with van der Waals surface area (Å²) in [5.74, 6) is 0. The molecule has 176 valence electrons. The first-order valence-electron chi connectivity index (χ1n) is 12.9. The molecule has 0 N–H and O–H groups in total. The van der Waals surface area contributed by atoms with E-state index >= 15 is 0 Å². The summed E-state index contributed by atoms with van der Waals surface area (Å²) in [7, 11) is 0. The van der Waals surface area contributed by atoms with Crippen molar-refractivity contribution in [1.82, 2.24) is 4.98 Å². The van der Waals surface area contributed by atoms with Gasteiger partial charge in [0.25, 0.3) is 0 Å². The van der Waals surface area contributed by atoms with Crippen LogP contribution in [-0.4, -0.2) is 4.98 Å². The fraction of sp³-hybridized carbons (Fsp3) is 0.0833. The van der Waals surface area contributed by atoms with Crippen molar-refractivity contribution in [3.63, 3.8) is 0 Å². The maximum Gasteiger partial charge on any atom is 0.0759 e. The van der Waals surface area contributed by atoms with Crippen molar-refractivity contribution in [1.29, 1.82) is 0 Å². The van der Waals surface area contributed by atoms with Gasteiger partial charge < -0.3 is 0 Å². The standard InChI is InChI=1S/C36H27N/c1-36(2)31-20-8-6-18-29(31)35-34(36)33(30-19-7-9-21-32(30)37-35)28-17-11-16-27(23-28)26-15-10-14-25(22-26)24-12-4-3-5-13-24/h3-23H,1-2H3. The molecular weight excluding hydrogens is 446 g/mol. The van der Waals surface area contributed by atoms with Crippen LogP contribution in [0.1, 0.15) is 25.0 Å². The van der Waals surface area contributed by atoms with Gasteiger partial charge in [0.1, 0.15) is 0 Å². The average molecular weight is 474 g/mol. The summed E-state index contributed by atoms with van der Waals surface area (Å²) in [5, 5.41) is 1.21. The fourth-order valence-electron chi connectivity index (χ4n) is 6.05. The van der Waals surface area contributed by atoms with E-state index in [1.807, 2.05) is 0 Å². The first-order chi connectivity index (χ1) is 18.1. The molecule has 7 rings (SSSR count). The molecule has 1 heteroatoms. The average Bonchev–Trinajstić information content (AvgIpc) is 3.19. The molecule has 5 aromatic carbocycles. The van der Waals surface area contributed by atoms with Crippen LogP contribution in [0.4, 0.5) is 0 Å². The molecule has 37 heavy (non-hydrogen) atoms. The van der Waals surface area contributed by atoms with Crippen LogP contribution in [0, 0.1) is 0 Å². The zero-order valence-electron chi connectivity index (χ0n) is 21.1. The van der Waals surface area contributed by atoms with Crippen molar-refractivity contribution in [2.45, 2.75) is 19.3 Å². The third-order valence-electron chi connectivity index (χ3n) is 7.83. The Labute approximate surface area is 218 Å². The molecule has 6 aromatic rings. The predicted octanol–water partition coefficient (Wildman–Crippen LogP) is 9.54. The van der Waals surface area contributed by atoms with E-state index in [2.05, 4.69) is 141 Å². The molecule has 0 saturated heterocycles. The van der Waals surface area contributed by atoms with Gasteiger partial charge in [-0.05, 0) is 62.7 Å². The van der Waals surface area contributed by atoms with Gasteiger partial charge in [-0.1, -0.05) is 123 Å². The Morgan fingerprint density at radius 1 is 0.514 bits per heavy atom. The maximum absolute atomic E-state index is 5.20. The predicted molar refractivity (Wildman–Crippen MR) is 156 cm³/mol. The second-order valence-corrected chi connectivity index (χ2v) is 10.4. The van der Waals surface area contributed by atoms with E-state index < -0.39 is 0 Å². The van der Waals surface area contributed by atoms with Crippen molar-refractivity contribution in [3.05, 3.63) is 139 Å². The first kappa shape index (κ1) is 21.8. The Bertz CT molecular complexity index is 1790. The van der Waals surface area contributed by atoms with Crippen molar-refractivity contribution >= 4 is 10.9 Å². The molecule has 1 aliphatic carbocycles. The van der Waals surface area contributed by atoms with Gasteiger partial charge in [0.15, 0.2) is 0 Å². The van der Waals surface area contributed by atoms with Gasteiger partial charge >= 0.3 is 0 Å². The molecule has 0 bridgehead atoms. The minimum absolute atomic E-state index is 0.137. The molecule has 1 nitrogen and oxygen atoms in total. The van der Waals surface area contributed by atoms with E-state index in [1.165, 1.54) is 55.5 Å². The van der Waals surface area contributed by atoms with Crippen LogP contribution in [0.25, 0.3) is 55.5 Å². The summed E-state index contributed by atoms with van der Waals surface area (Å²) in [4.78, 5) is 5.20. The van der Waals surface area contributed by atoms with Gasteiger partial charge in [0.05, 0.1) is 11.2 Å². The lowest BCUT2D eigenvalue weighted by atomic mass is 9.78. The van der Waals surface area contributed by atoms with Crippen LogP contribution < -0.4 is 0 Å². The van der Waals surface area contributed by atoms with Gasteiger partial charge in [0, 0.05) is 16.4 Å². The van der Waals surface area contributed by atoms with Gasteiger partial charge in [-0.15, -0.1) is 0 Å². The summed E-state index contributed by atoms with van der Waals surface area (Å²) in [6.45, 7) is 4.68. The monoisotopic (exact) mass is 473 g/mol. The molecule has 1 aromatic heterocycles. The minimum Gasteiger partial charge on any atom is -0.247 e. The van der Waals surface area contributed by atoms with Crippen molar-refractivity contribution in [2.24, 2.45) is 0 Å². The lowest BCUT2D eigenvalue weighted by Crippen LogP contribution is -2.16. The van der Waals surface area contributed by atoms with Gasteiger partial charge in [-0.3, -0.25) is 0 Å². The van der Waals surface area contributed by atoms with Crippen LogP contribution >= 0.6 is 0 Å². The number of hydrogen-bond donors (Lipinski definition) is 0. The van der Waals surface area contributed by atoms with Gasteiger partial charge in [0.2, 0.25) is 0 Å². The van der Waals surface area contributed by atoms with E-state index in [4.69, 9.17) is 4.98 Å². The highest BCUT2D eigenvalue weighted by molar-refractivity contribution is 6.02. The lowest BCUT2D eigenvalue weighted by Gasteiger charge is -2.25. The van der Waals surface area contributed by atoms with Crippen LogP contribution in [0.2, 0.25) is 0 Å². The number of rotatable bonds is 3. The van der Waals surface area contributed by atoms with E-state index in [0.29, 0.717) is 0 Å². The molecular formula is C36H27N. The molecule has 1 aliphatic rings. The molecule has 0 fully saturated rings. The lowest BCUT2D eigenvalue weighted by molar-refractivity contribution is 0.662. The van der Waals surface area contributed by atoms with Crippen molar-refractivity contribution in [2.75, 3.05) is 0 Å². The second-order valence-electron chi connectivity index (χ2n) is 10.4. The highest BCUT2D eigenvalue weighted by atomic mass is 14.7. The van der Waals surface area contributed by atoms with Crippen LogP contribution in [0.15, 0.2) is 127 Å². The summed E-state index contributed by atoms with van der Waals surface area (Å²) in [6, 6.07) is 45.8. The number of hydrogen-bond acceptors (Lipinski definition) is 1. The number of para-hydroxylation sites is 1. The Kier molecular flexibility index (Phi) is 4.87. The summed E-state index contributed by atoms with van der Waals surface area (Å²) in [5.41, 5.74) is 13.4. The highest BCUT2D eigenvalue weighted by Gasteiger charge is 2.39. The Hall–Kier alpha value is -4.49. The van der Waals surface area contributed by atoms with E-state index in [9.17, 15) is 0 Å². The third-order valence-corrected chi connectivity index (χ3v) is 7.83.